The first-order valence-electron chi connectivity index (χ1n) is 18.0. The van der Waals surface area contributed by atoms with Crippen LogP contribution in [0.4, 0.5) is 0 Å². The molecule has 3 heterocycles. The van der Waals surface area contributed by atoms with Crippen molar-refractivity contribution in [1.82, 2.24) is 15.0 Å². The van der Waals surface area contributed by atoms with E-state index in [0.29, 0.717) is 17.5 Å². The normalized spacial score (nSPS) is 11.7. The summed E-state index contributed by atoms with van der Waals surface area (Å²) in [7, 11) is 0. The molecule has 0 atom stereocenters. The maximum absolute atomic E-state index is 6.49. The van der Waals surface area contributed by atoms with Gasteiger partial charge in [-0.2, -0.15) is 0 Å². The summed E-state index contributed by atoms with van der Waals surface area (Å²) in [6, 6.07) is 60.5. The zero-order chi connectivity index (χ0) is 35.6. The number of benzene rings is 8. The molecule has 5 nitrogen and oxygen atoms in total. The highest BCUT2D eigenvalue weighted by atomic mass is 16.3. The first-order valence-corrected chi connectivity index (χ1v) is 18.0. The van der Waals surface area contributed by atoms with E-state index in [1.807, 2.05) is 42.5 Å². The number of hydrogen-bond donors (Lipinski definition) is 0. The van der Waals surface area contributed by atoms with Crippen LogP contribution < -0.4 is 0 Å². The van der Waals surface area contributed by atoms with E-state index in [0.717, 1.165) is 93.6 Å². The highest BCUT2D eigenvalue weighted by Crippen LogP contribution is 2.39. The Morgan fingerprint density at radius 3 is 1.70 bits per heavy atom. The van der Waals surface area contributed by atoms with Crippen molar-refractivity contribution in [3.8, 4) is 56.4 Å². The first kappa shape index (κ1) is 30.3. The van der Waals surface area contributed by atoms with E-state index in [2.05, 4.69) is 133 Å². The van der Waals surface area contributed by atoms with E-state index >= 15 is 0 Å². The van der Waals surface area contributed by atoms with E-state index in [1.165, 1.54) is 0 Å². The molecule has 11 aromatic rings. The van der Waals surface area contributed by atoms with Gasteiger partial charge in [-0.1, -0.05) is 133 Å². The molecule has 252 valence electrons. The van der Waals surface area contributed by atoms with Gasteiger partial charge in [0.2, 0.25) is 0 Å². The van der Waals surface area contributed by atoms with Crippen molar-refractivity contribution in [1.29, 1.82) is 0 Å². The predicted octanol–water partition coefficient (Wildman–Crippen LogP) is 13.2. The van der Waals surface area contributed by atoms with E-state index in [1.54, 1.807) is 0 Å². The minimum absolute atomic E-state index is 0.579. The minimum Gasteiger partial charge on any atom is -0.456 e. The molecule has 11 rings (SSSR count). The quantitative estimate of drug-likeness (QED) is 0.180. The number of rotatable bonds is 5. The highest BCUT2D eigenvalue weighted by Gasteiger charge is 2.19. The summed E-state index contributed by atoms with van der Waals surface area (Å²) in [5.74, 6) is 1.76. The number of furan rings is 2. The van der Waals surface area contributed by atoms with Crippen LogP contribution in [0.2, 0.25) is 0 Å². The van der Waals surface area contributed by atoms with Gasteiger partial charge in [-0.05, 0) is 75.5 Å². The second kappa shape index (κ2) is 12.1. The third-order valence-electron chi connectivity index (χ3n) is 10.3. The topological polar surface area (TPSA) is 65.0 Å². The van der Waals surface area contributed by atoms with Crippen molar-refractivity contribution in [3.05, 3.63) is 176 Å². The van der Waals surface area contributed by atoms with Crippen LogP contribution in [-0.2, 0) is 0 Å². The SMILES string of the molecule is c1ccc(-c2ccc(-c3nc(-c4ccc5cc6c(cc5c4)oc4ccccc46)nc(-c4cccc5oc6cc(-c7ccccc7)ccc6c45)n3)cc2)cc1. The van der Waals surface area contributed by atoms with Crippen LogP contribution in [0.25, 0.3) is 111 Å². The zero-order valence-electron chi connectivity index (χ0n) is 28.9. The Labute approximate surface area is 309 Å². The Morgan fingerprint density at radius 1 is 0.296 bits per heavy atom. The van der Waals surface area contributed by atoms with Crippen LogP contribution in [0.5, 0.6) is 0 Å². The van der Waals surface area contributed by atoms with E-state index in [9.17, 15) is 0 Å². The van der Waals surface area contributed by atoms with Crippen molar-refractivity contribution < 1.29 is 8.83 Å². The molecule has 0 bridgehead atoms. The fourth-order valence-electron chi connectivity index (χ4n) is 7.63. The van der Waals surface area contributed by atoms with Crippen LogP contribution in [0.15, 0.2) is 185 Å². The van der Waals surface area contributed by atoms with Crippen LogP contribution in [0.3, 0.4) is 0 Å². The van der Waals surface area contributed by atoms with Crippen molar-refractivity contribution in [2.24, 2.45) is 0 Å². The molecular formula is C49H29N3O2. The molecule has 0 radical (unpaired) electrons. The predicted molar refractivity (Wildman–Crippen MR) is 219 cm³/mol. The number of para-hydroxylation sites is 1. The van der Waals surface area contributed by atoms with Gasteiger partial charge in [0.25, 0.3) is 0 Å². The number of nitrogens with zero attached hydrogens (tertiary/aromatic N) is 3. The molecule has 0 aliphatic heterocycles. The molecule has 0 saturated carbocycles. The molecule has 0 fully saturated rings. The van der Waals surface area contributed by atoms with Gasteiger partial charge < -0.3 is 8.83 Å². The van der Waals surface area contributed by atoms with Crippen molar-refractivity contribution in [3.63, 3.8) is 0 Å². The summed E-state index contributed by atoms with van der Waals surface area (Å²) < 4.78 is 12.7. The van der Waals surface area contributed by atoms with Gasteiger partial charge in [0.1, 0.15) is 22.3 Å². The average molecular weight is 692 g/mol. The Kier molecular flexibility index (Phi) is 6.79. The molecular weight excluding hydrogens is 663 g/mol. The zero-order valence-corrected chi connectivity index (χ0v) is 28.9. The summed E-state index contributed by atoms with van der Waals surface area (Å²) in [5, 5.41) is 6.36. The first-order chi connectivity index (χ1) is 26.7. The van der Waals surface area contributed by atoms with E-state index in [-0.39, 0.29) is 0 Å². The smallest absolute Gasteiger partial charge is 0.164 e. The van der Waals surface area contributed by atoms with Crippen molar-refractivity contribution >= 4 is 54.6 Å². The van der Waals surface area contributed by atoms with Gasteiger partial charge >= 0.3 is 0 Å². The lowest BCUT2D eigenvalue weighted by Gasteiger charge is -2.10. The molecule has 0 saturated heterocycles. The van der Waals surface area contributed by atoms with Gasteiger partial charge in [-0.3, -0.25) is 0 Å². The van der Waals surface area contributed by atoms with E-state index in [4.69, 9.17) is 23.8 Å². The van der Waals surface area contributed by atoms with Gasteiger partial charge in [0, 0.05) is 38.2 Å². The molecule has 0 unspecified atom stereocenters. The Morgan fingerprint density at radius 2 is 0.889 bits per heavy atom. The lowest BCUT2D eigenvalue weighted by Crippen LogP contribution is -2.00. The number of fused-ring (bicyclic) bond motifs is 7. The molecule has 0 spiro atoms. The summed E-state index contributed by atoms with van der Waals surface area (Å²) in [5.41, 5.74) is 10.5. The maximum Gasteiger partial charge on any atom is 0.164 e. The molecule has 5 heteroatoms. The minimum atomic E-state index is 0.579. The fraction of sp³-hybridized carbons (Fsp3) is 0. The summed E-state index contributed by atoms with van der Waals surface area (Å²) in [6.07, 6.45) is 0. The second-order valence-electron chi connectivity index (χ2n) is 13.6. The highest BCUT2D eigenvalue weighted by molar-refractivity contribution is 6.13. The van der Waals surface area contributed by atoms with Gasteiger partial charge in [-0.15, -0.1) is 0 Å². The molecule has 0 N–H and O–H groups in total. The maximum atomic E-state index is 6.49. The third kappa shape index (κ3) is 5.06. The molecule has 54 heavy (non-hydrogen) atoms. The summed E-state index contributed by atoms with van der Waals surface area (Å²) >= 11 is 0. The van der Waals surface area contributed by atoms with Crippen molar-refractivity contribution in [2.75, 3.05) is 0 Å². The summed E-state index contributed by atoms with van der Waals surface area (Å²) in [4.78, 5) is 15.4. The van der Waals surface area contributed by atoms with Gasteiger partial charge in [0.05, 0.1) is 0 Å². The summed E-state index contributed by atoms with van der Waals surface area (Å²) in [6.45, 7) is 0. The monoisotopic (exact) mass is 691 g/mol. The standard InChI is InChI=1S/C49H29N3O2/c1-3-10-30(11-4-1)32-18-20-33(21-19-32)47-50-48(36-23-22-34-27-41-38-14-7-8-16-42(38)53-45(41)29-37(34)26-36)52-49(51-47)40-15-9-17-43-46(40)39-25-24-35(28-44(39)54-43)31-12-5-2-6-13-31/h1-29H. The molecule has 3 aromatic heterocycles. The van der Waals surface area contributed by atoms with Crippen molar-refractivity contribution in [2.45, 2.75) is 0 Å². The fourth-order valence-corrected chi connectivity index (χ4v) is 7.63. The van der Waals surface area contributed by atoms with Crippen LogP contribution in [0.1, 0.15) is 0 Å². The number of aromatic nitrogens is 3. The van der Waals surface area contributed by atoms with Crippen LogP contribution in [0, 0.1) is 0 Å². The Balaban J connectivity index is 1.09. The molecule has 0 aliphatic carbocycles. The van der Waals surface area contributed by atoms with Gasteiger partial charge in [0.15, 0.2) is 17.5 Å². The second-order valence-corrected chi connectivity index (χ2v) is 13.6. The molecule has 0 amide bonds. The Hall–Kier alpha value is -7.37. The molecule has 0 aliphatic rings. The van der Waals surface area contributed by atoms with E-state index < -0.39 is 0 Å². The lowest BCUT2D eigenvalue weighted by molar-refractivity contribution is 0.669. The third-order valence-corrected chi connectivity index (χ3v) is 10.3. The Bertz CT molecular complexity index is 3200. The van der Waals surface area contributed by atoms with Gasteiger partial charge in [-0.25, -0.2) is 15.0 Å². The number of hydrogen-bond acceptors (Lipinski definition) is 5. The average Bonchev–Trinajstić information content (AvgIpc) is 3.80. The van der Waals surface area contributed by atoms with Crippen LogP contribution >= 0.6 is 0 Å². The molecule has 8 aromatic carbocycles. The van der Waals surface area contributed by atoms with Crippen LogP contribution in [-0.4, -0.2) is 15.0 Å². The lowest BCUT2D eigenvalue weighted by atomic mass is 10.0. The largest absolute Gasteiger partial charge is 0.456 e.